The van der Waals surface area contributed by atoms with Crippen LogP contribution in [0.4, 0.5) is 0 Å². The van der Waals surface area contributed by atoms with Crippen LogP contribution in [0.1, 0.15) is 5.56 Å². The molecule has 134 valence electrons. The molecule has 0 bridgehead atoms. The van der Waals surface area contributed by atoms with Gasteiger partial charge in [-0.05, 0) is 35.9 Å². The Morgan fingerprint density at radius 2 is 1.77 bits per heavy atom. The van der Waals surface area contributed by atoms with Crippen molar-refractivity contribution in [1.82, 2.24) is 14.8 Å². The molecule has 1 aromatic heterocycles. The van der Waals surface area contributed by atoms with Crippen LogP contribution in [0.2, 0.25) is 20.1 Å². The lowest BCUT2D eigenvalue weighted by Gasteiger charge is -2.09. The molecule has 0 spiro atoms. The third-order valence-electron chi connectivity index (χ3n) is 3.55. The maximum atomic E-state index is 6.33. The highest BCUT2D eigenvalue weighted by molar-refractivity contribution is 7.98. The minimum absolute atomic E-state index is 0.524. The third-order valence-corrected chi connectivity index (χ3v) is 5.88. The van der Waals surface area contributed by atoms with Crippen LogP contribution in [-0.2, 0) is 12.3 Å². The number of halogens is 4. The fraction of sp³-hybridized carbons (Fsp3) is 0.111. The molecule has 3 rings (SSSR count). The van der Waals surface area contributed by atoms with Gasteiger partial charge in [-0.15, -0.1) is 16.8 Å². The van der Waals surface area contributed by atoms with E-state index in [9.17, 15) is 0 Å². The Bertz CT molecular complexity index is 956. The largest absolute Gasteiger partial charge is 0.298 e. The van der Waals surface area contributed by atoms with Gasteiger partial charge in [0.25, 0.3) is 0 Å². The van der Waals surface area contributed by atoms with E-state index in [0.717, 1.165) is 16.3 Å². The summed E-state index contributed by atoms with van der Waals surface area (Å²) >= 11 is 25.9. The van der Waals surface area contributed by atoms with Gasteiger partial charge in [-0.3, -0.25) is 4.57 Å². The predicted octanol–water partition coefficient (Wildman–Crippen LogP) is 7.04. The molecule has 0 aliphatic heterocycles. The van der Waals surface area contributed by atoms with E-state index in [1.165, 1.54) is 0 Å². The van der Waals surface area contributed by atoms with Crippen molar-refractivity contribution in [3.05, 3.63) is 74.7 Å². The summed E-state index contributed by atoms with van der Waals surface area (Å²) in [5.41, 5.74) is 1.82. The zero-order chi connectivity index (χ0) is 18.7. The Balaban J connectivity index is 1.89. The van der Waals surface area contributed by atoms with E-state index in [0.29, 0.717) is 38.2 Å². The summed E-state index contributed by atoms with van der Waals surface area (Å²) in [6.07, 6.45) is 1.79. The van der Waals surface area contributed by atoms with Gasteiger partial charge in [0, 0.05) is 22.9 Å². The minimum atomic E-state index is 0.524. The number of benzene rings is 2. The molecule has 1 heterocycles. The van der Waals surface area contributed by atoms with Crippen molar-refractivity contribution >= 4 is 58.2 Å². The van der Waals surface area contributed by atoms with E-state index in [4.69, 9.17) is 46.4 Å². The lowest BCUT2D eigenvalue weighted by atomic mass is 10.2. The molecule has 0 saturated carbocycles. The standard InChI is InChI=1S/C18H13Cl4N3S/c1-2-7-25-17(13-5-4-12(19)9-15(13)21)23-24-18(25)26-10-11-3-6-14(20)16(22)8-11/h2-6,8-9H,1,7,10H2. The van der Waals surface area contributed by atoms with Crippen molar-refractivity contribution < 1.29 is 0 Å². The maximum Gasteiger partial charge on any atom is 0.192 e. The zero-order valence-corrected chi connectivity index (χ0v) is 17.3. The normalized spacial score (nSPS) is 10.9. The molecule has 0 aliphatic carbocycles. The molecule has 0 fully saturated rings. The third kappa shape index (κ3) is 4.38. The van der Waals surface area contributed by atoms with E-state index < -0.39 is 0 Å². The Labute approximate surface area is 175 Å². The Morgan fingerprint density at radius 1 is 0.962 bits per heavy atom. The van der Waals surface area contributed by atoms with E-state index in [2.05, 4.69) is 16.8 Å². The van der Waals surface area contributed by atoms with Crippen molar-refractivity contribution in [2.24, 2.45) is 0 Å². The van der Waals surface area contributed by atoms with Crippen LogP contribution in [0.15, 0.2) is 54.2 Å². The molecule has 0 aliphatic rings. The van der Waals surface area contributed by atoms with Gasteiger partial charge in [-0.2, -0.15) is 0 Å². The van der Waals surface area contributed by atoms with Crippen molar-refractivity contribution in [3.8, 4) is 11.4 Å². The fourth-order valence-corrected chi connectivity index (χ4v) is 4.04. The predicted molar refractivity (Wildman–Crippen MR) is 112 cm³/mol. The van der Waals surface area contributed by atoms with Gasteiger partial charge < -0.3 is 0 Å². The summed E-state index contributed by atoms with van der Waals surface area (Å²) in [6.45, 7) is 4.38. The second-order valence-electron chi connectivity index (χ2n) is 5.37. The minimum Gasteiger partial charge on any atom is -0.298 e. The SMILES string of the molecule is C=CCn1c(SCc2ccc(Cl)c(Cl)c2)nnc1-c1ccc(Cl)cc1Cl. The zero-order valence-electron chi connectivity index (χ0n) is 13.4. The van der Waals surface area contributed by atoms with Crippen LogP contribution in [0.25, 0.3) is 11.4 Å². The second-order valence-corrected chi connectivity index (χ2v) is 7.97. The van der Waals surface area contributed by atoms with Gasteiger partial charge in [0.15, 0.2) is 11.0 Å². The number of aromatic nitrogens is 3. The number of rotatable bonds is 6. The van der Waals surface area contributed by atoms with Gasteiger partial charge in [0.1, 0.15) is 0 Å². The molecule has 0 unspecified atom stereocenters. The monoisotopic (exact) mass is 443 g/mol. The molecule has 0 saturated heterocycles. The van der Waals surface area contributed by atoms with Crippen molar-refractivity contribution in [3.63, 3.8) is 0 Å². The van der Waals surface area contributed by atoms with E-state index in [-0.39, 0.29) is 0 Å². The molecule has 26 heavy (non-hydrogen) atoms. The summed E-state index contributed by atoms with van der Waals surface area (Å²) in [5.74, 6) is 1.35. The summed E-state index contributed by atoms with van der Waals surface area (Å²) in [4.78, 5) is 0. The molecule has 0 amide bonds. The van der Waals surface area contributed by atoms with Crippen LogP contribution in [-0.4, -0.2) is 14.8 Å². The molecular weight excluding hydrogens is 432 g/mol. The fourth-order valence-electron chi connectivity index (χ4n) is 2.34. The van der Waals surface area contributed by atoms with Gasteiger partial charge in [-0.25, -0.2) is 0 Å². The smallest absolute Gasteiger partial charge is 0.192 e. The summed E-state index contributed by atoms with van der Waals surface area (Å²) in [6, 6.07) is 10.9. The highest BCUT2D eigenvalue weighted by Gasteiger charge is 2.16. The van der Waals surface area contributed by atoms with Gasteiger partial charge in [-0.1, -0.05) is 70.3 Å². The average Bonchev–Trinajstić information content (AvgIpc) is 2.99. The molecule has 3 nitrogen and oxygen atoms in total. The van der Waals surface area contributed by atoms with Crippen LogP contribution >= 0.6 is 58.2 Å². The van der Waals surface area contributed by atoms with Crippen molar-refractivity contribution in [2.45, 2.75) is 17.5 Å². The number of hydrogen-bond donors (Lipinski definition) is 0. The lowest BCUT2D eigenvalue weighted by molar-refractivity contribution is 0.731. The first kappa shape index (κ1) is 19.6. The summed E-state index contributed by atoms with van der Waals surface area (Å²) in [5, 5.41) is 11.5. The van der Waals surface area contributed by atoms with Crippen LogP contribution < -0.4 is 0 Å². The van der Waals surface area contributed by atoms with E-state index in [1.807, 2.05) is 22.8 Å². The first-order valence-corrected chi connectivity index (χ1v) is 10.1. The maximum absolute atomic E-state index is 6.33. The highest BCUT2D eigenvalue weighted by atomic mass is 35.5. The van der Waals surface area contributed by atoms with Crippen LogP contribution in [0, 0.1) is 0 Å². The van der Waals surface area contributed by atoms with E-state index in [1.54, 1.807) is 36.0 Å². The van der Waals surface area contributed by atoms with Gasteiger partial charge >= 0.3 is 0 Å². The second kappa shape index (κ2) is 8.68. The average molecular weight is 445 g/mol. The highest BCUT2D eigenvalue weighted by Crippen LogP contribution is 2.33. The summed E-state index contributed by atoms with van der Waals surface area (Å²) in [7, 11) is 0. The molecule has 0 N–H and O–H groups in total. The number of allylic oxidation sites excluding steroid dienone is 1. The lowest BCUT2D eigenvalue weighted by Crippen LogP contribution is -2.01. The molecule has 0 atom stereocenters. The quantitative estimate of drug-likeness (QED) is 0.301. The molecule has 0 radical (unpaired) electrons. The van der Waals surface area contributed by atoms with Crippen molar-refractivity contribution in [2.75, 3.05) is 0 Å². The number of hydrogen-bond acceptors (Lipinski definition) is 3. The molecular formula is C18H13Cl4N3S. The molecule has 8 heteroatoms. The summed E-state index contributed by atoms with van der Waals surface area (Å²) < 4.78 is 1.96. The van der Waals surface area contributed by atoms with Gasteiger partial charge in [0.05, 0.1) is 15.1 Å². The topological polar surface area (TPSA) is 30.7 Å². The van der Waals surface area contributed by atoms with E-state index >= 15 is 0 Å². The van der Waals surface area contributed by atoms with Crippen molar-refractivity contribution in [1.29, 1.82) is 0 Å². The van der Waals surface area contributed by atoms with Crippen LogP contribution in [0.3, 0.4) is 0 Å². The Kier molecular flexibility index (Phi) is 6.54. The number of thioether (sulfide) groups is 1. The van der Waals surface area contributed by atoms with Gasteiger partial charge in [0.2, 0.25) is 0 Å². The Morgan fingerprint density at radius 3 is 2.46 bits per heavy atom. The Hall–Kier alpha value is -1.17. The van der Waals surface area contributed by atoms with Crippen LogP contribution in [0.5, 0.6) is 0 Å². The first-order chi connectivity index (χ1) is 12.5. The molecule has 3 aromatic rings. The number of nitrogens with zero attached hydrogens (tertiary/aromatic N) is 3. The molecule has 2 aromatic carbocycles. The first-order valence-electron chi connectivity index (χ1n) is 7.56.